The summed E-state index contributed by atoms with van der Waals surface area (Å²) in [5, 5.41) is 18.2. The first-order chi connectivity index (χ1) is 15.4. The average molecular weight is 518 g/mol. The molecule has 0 saturated heterocycles. The minimum Gasteiger partial charge on any atom is -0.465 e. The molecule has 2 heterocycles. The van der Waals surface area contributed by atoms with Crippen molar-refractivity contribution in [3.05, 3.63) is 41.1 Å². The third kappa shape index (κ3) is 5.92. The fraction of sp³-hybridized carbons (Fsp3) is 0.364. The molecule has 2 aromatic heterocycles. The first kappa shape index (κ1) is 24.3. The van der Waals surface area contributed by atoms with Gasteiger partial charge in [0.05, 0.1) is 18.2 Å². The van der Waals surface area contributed by atoms with Gasteiger partial charge in [-0.25, -0.2) is 14.8 Å². The lowest BCUT2D eigenvalue weighted by atomic mass is 9.98. The van der Waals surface area contributed by atoms with E-state index in [1.807, 2.05) is 18.2 Å². The van der Waals surface area contributed by atoms with Gasteiger partial charge in [0.15, 0.2) is 11.5 Å². The summed E-state index contributed by atoms with van der Waals surface area (Å²) in [5.74, 6) is -0.373. The third-order valence-electron chi connectivity index (χ3n) is 4.38. The lowest BCUT2D eigenvalue weighted by Gasteiger charge is -2.35. The van der Waals surface area contributed by atoms with Gasteiger partial charge in [-0.3, -0.25) is 9.69 Å². The molecule has 0 aliphatic rings. The molecule has 1 N–H and O–H groups in total. The van der Waals surface area contributed by atoms with E-state index in [1.165, 1.54) is 6.20 Å². The van der Waals surface area contributed by atoms with Gasteiger partial charge in [-0.15, -0.1) is 10.2 Å². The van der Waals surface area contributed by atoms with Gasteiger partial charge in [0, 0.05) is 5.56 Å². The largest absolute Gasteiger partial charge is 0.465 e. The maximum Gasteiger partial charge on any atom is 0.413 e. The summed E-state index contributed by atoms with van der Waals surface area (Å²) in [7, 11) is 0. The van der Waals surface area contributed by atoms with Gasteiger partial charge in [0.2, 0.25) is 5.89 Å². The molecule has 0 aliphatic heterocycles. The number of rotatable bonds is 6. The summed E-state index contributed by atoms with van der Waals surface area (Å²) < 4.78 is 11.5. The Balaban J connectivity index is 2.03. The average Bonchev–Trinajstić information content (AvgIpc) is 3.17. The molecule has 3 aromatic rings. The molecule has 0 unspecified atom stereocenters. The predicted molar refractivity (Wildman–Crippen MR) is 124 cm³/mol. The number of halogens is 1. The van der Waals surface area contributed by atoms with Crippen LogP contribution in [0.3, 0.4) is 0 Å². The highest BCUT2D eigenvalue weighted by Gasteiger charge is 2.39. The van der Waals surface area contributed by atoms with Crippen molar-refractivity contribution < 1.29 is 23.8 Å². The van der Waals surface area contributed by atoms with Gasteiger partial charge in [-0.2, -0.15) is 0 Å². The Kier molecular flexibility index (Phi) is 6.82. The molecule has 0 atom stereocenters. The second-order valence-corrected chi connectivity index (χ2v) is 9.65. The Labute approximate surface area is 199 Å². The lowest BCUT2D eigenvalue weighted by molar-refractivity contribution is -0.155. The van der Waals surface area contributed by atoms with Crippen LogP contribution in [0.25, 0.3) is 23.0 Å². The van der Waals surface area contributed by atoms with Gasteiger partial charge in [0.1, 0.15) is 10.2 Å². The van der Waals surface area contributed by atoms with Crippen molar-refractivity contribution in [2.45, 2.75) is 52.2 Å². The fourth-order valence-corrected chi connectivity index (χ4v) is 3.41. The zero-order valence-corrected chi connectivity index (χ0v) is 20.5. The van der Waals surface area contributed by atoms with Crippen LogP contribution in [0.5, 0.6) is 0 Å². The monoisotopic (exact) mass is 517 g/mol. The minimum atomic E-state index is -1.33. The van der Waals surface area contributed by atoms with Crippen molar-refractivity contribution in [1.29, 1.82) is 0 Å². The molecule has 3 rings (SSSR count). The smallest absolute Gasteiger partial charge is 0.413 e. The van der Waals surface area contributed by atoms with Crippen LogP contribution in [0.4, 0.5) is 10.6 Å². The van der Waals surface area contributed by atoms with Gasteiger partial charge >= 0.3 is 12.1 Å². The quantitative estimate of drug-likeness (QED) is 0.450. The normalized spacial score (nSPS) is 11.8. The molecule has 0 bridgehead atoms. The number of hydrogen-bond donors (Lipinski definition) is 1. The van der Waals surface area contributed by atoms with Crippen LogP contribution >= 0.6 is 15.9 Å². The van der Waals surface area contributed by atoms with Crippen molar-refractivity contribution in [3.8, 4) is 23.0 Å². The molecular formula is C22H24BrN5O5. The van der Waals surface area contributed by atoms with E-state index in [4.69, 9.17) is 9.15 Å². The van der Waals surface area contributed by atoms with Crippen LogP contribution in [0.1, 0.15) is 41.0 Å². The number of hydrogen-bond acceptors (Lipinski definition) is 8. The van der Waals surface area contributed by atoms with Crippen LogP contribution in [-0.4, -0.2) is 48.5 Å². The Morgan fingerprint density at radius 2 is 1.73 bits per heavy atom. The van der Waals surface area contributed by atoms with E-state index in [2.05, 4.69) is 36.1 Å². The number of nitrogens with zero attached hydrogens (tertiary/aromatic N) is 5. The highest BCUT2D eigenvalue weighted by Crippen LogP contribution is 2.35. The number of amides is 1. The molecule has 0 spiro atoms. The molecule has 1 aromatic carbocycles. The standard InChI is InChI=1S/C22H24BrN5O5/c1-21(2,3)33-15(29)11-22(4,5)28(20(30)31)17-16(25-14(23)12-24-17)19-27-26-18(32-19)13-9-7-6-8-10-13/h6-10,12H,11H2,1-5H3,(H,30,31). The van der Waals surface area contributed by atoms with E-state index < -0.39 is 23.2 Å². The van der Waals surface area contributed by atoms with E-state index in [9.17, 15) is 14.7 Å². The zero-order chi connectivity index (χ0) is 24.4. The van der Waals surface area contributed by atoms with Crippen LogP contribution in [0.2, 0.25) is 0 Å². The summed E-state index contributed by atoms with van der Waals surface area (Å²) in [6.07, 6.45) is -0.191. The van der Waals surface area contributed by atoms with Crippen molar-refractivity contribution >= 4 is 33.8 Å². The van der Waals surface area contributed by atoms with E-state index in [1.54, 1.807) is 46.8 Å². The number of carbonyl (C=O) groups excluding carboxylic acids is 1. The molecule has 0 saturated carbocycles. The maximum absolute atomic E-state index is 12.5. The van der Waals surface area contributed by atoms with Crippen LogP contribution in [0, 0.1) is 0 Å². The lowest BCUT2D eigenvalue weighted by Crippen LogP contribution is -2.50. The van der Waals surface area contributed by atoms with E-state index in [0.29, 0.717) is 10.2 Å². The van der Waals surface area contributed by atoms with Crippen molar-refractivity contribution in [2.75, 3.05) is 4.90 Å². The summed E-state index contributed by atoms with van der Waals surface area (Å²) in [5.41, 5.74) is -1.19. The molecule has 174 valence electrons. The molecule has 0 radical (unpaired) electrons. The SMILES string of the molecule is CC(C)(C)OC(=O)CC(C)(C)N(C(=O)O)c1ncc(Br)nc1-c1nnc(-c2ccccc2)o1. The number of aromatic nitrogens is 4. The second-order valence-electron chi connectivity index (χ2n) is 8.84. The Morgan fingerprint density at radius 1 is 1.09 bits per heavy atom. The summed E-state index contributed by atoms with van der Waals surface area (Å²) in [4.78, 5) is 34.4. The Hall–Kier alpha value is -3.34. The van der Waals surface area contributed by atoms with Crippen LogP contribution in [-0.2, 0) is 9.53 Å². The fourth-order valence-electron chi connectivity index (χ4n) is 3.13. The summed E-state index contributed by atoms with van der Waals surface area (Å²) in [6.45, 7) is 8.42. The van der Waals surface area contributed by atoms with Gasteiger partial charge in [0.25, 0.3) is 5.89 Å². The molecule has 10 nitrogen and oxygen atoms in total. The van der Waals surface area contributed by atoms with E-state index in [-0.39, 0.29) is 29.7 Å². The number of ether oxygens (including phenoxy) is 1. The molecule has 0 aliphatic carbocycles. The van der Waals surface area contributed by atoms with Crippen molar-refractivity contribution in [2.24, 2.45) is 0 Å². The number of benzene rings is 1. The first-order valence-corrected chi connectivity index (χ1v) is 10.8. The van der Waals surface area contributed by atoms with E-state index >= 15 is 0 Å². The van der Waals surface area contributed by atoms with E-state index in [0.717, 1.165) is 4.90 Å². The first-order valence-electron chi connectivity index (χ1n) is 10.0. The highest BCUT2D eigenvalue weighted by molar-refractivity contribution is 9.10. The van der Waals surface area contributed by atoms with Gasteiger partial charge in [-0.05, 0) is 62.7 Å². The second kappa shape index (κ2) is 9.26. The molecule has 0 fully saturated rings. The Bertz CT molecular complexity index is 1160. The third-order valence-corrected chi connectivity index (χ3v) is 4.76. The molecular weight excluding hydrogens is 494 g/mol. The van der Waals surface area contributed by atoms with Gasteiger partial charge < -0.3 is 14.3 Å². The number of esters is 1. The predicted octanol–water partition coefficient (Wildman–Crippen LogP) is 4.95. The number of anilines is 1. The number of carboxylic acid groups (broad SMARTS) is 1. The Morgan fingerprint density at radius 3 is 2.33 bits per heavy atom. The molecule has 1 amide bonds. The zero-order valence-electron chi connectivity index (χ0n) is 18.9. The van der Waals surface area contributed by atoms with Gasteiger partial charge in [-0.1, -0.05) is 18.2 Å². The van der Waals surface area contributed by atoms with Crippen molar-refractivity contribution in [3.63, 3.8) is 0 Å². The molecule has 11 heteroatoms. The topological polar surface area (TPSA) is 132 Å². The summed E-state index contributed by atoms with van der Waals surface area (Å²) >= 11 is 3.25. The summed E-state index contributed by atoms with van der Waals surface area (Å²) in [6, 6.07) is 9.12. The maximum atomic E-state index is 12.5. The minimum absolute atomic E-state index is 0.0167. The molecule has 33 heavy (non-hydrogen) atoms. The highest BCUT2D eigenvalue weighted by atomic mass is 79.9. The number of carbonyl (C=O) groups is 2. The van der Waals surface area contributed by atoms with Crippen molar-refractivity contribution in [1.82, 2.24) is 20.2 Å². The van der Waals surface area contributed by atoms with Crippen LogP contribution in [0.15, 0.2) is 45.5 Å². The van der Waals surface area contributed by atoms with Crippen LogP contribution < -0.4 is 4.90 Å².